The van der Waals surface area contributed by atoms with E-state index in [1.807, 2.05) is 6.92 Å². The standard InChI is InChI=1S/C23H31FN4O3S2/c1-5-14-10-19(26)22(2,3)33(29,30)20-12-31-13-23(14,20)16-11-15(6-7-17(16)24)28-21(32)18(25)8-9-27-4/h6-7,9,11,14,20,25-26H,5,8,10,12-13H2,1-4H3,(H,28,32). The van der Waals surface area contributed by atoms with Crippen LogP contribution in [0.25, 0.3) is 0 Å². The van der Waals surface area contributed by atoms with Gasteiger partial charge in [-0.1, -0.05) is 25.6 Å². The third-order valence-electron chi connectivity index (χ3n) is 7.15. The summed E-state index contributed by atoms with van der Waals surface area (Å²) in [5.41, 5.74) is -0.0920. The van der Waals surface area contributed by atoms with Gasteiger partial charge >= 0.3 is 0 Å². The highest BCUT2D eigenvalue weighted by Gasteiger charge is 2.63. The van der Waals surface area contributed by atoms with Gasteiger partial charge in [-0.3, -0.25) is 0 Å². The number of anilines is 1. The van der Waals surface area contributed by atoms with Crippen molar-refractivity contribution in [1.82, 2.24) is 0 Å². The summed E-state index contributed by atoms with van der Waals surface area (Å²) >= 11 is 5.31. The van der Waals surface area contributed by atoms with Gasteiger partial charge in [0, 0.05) is 42.1 Å². The van der Waals surface area contributed by atoms with Gasteiger partial charge in [0.15, 0.2) is 9.84 Å². The summed E-state index contributed by atoms with van der Waals surface area (Å²) in [5, 5.41) is 18.6. The highest BCUT2D eigenvalue weighted by Crippen LogP contribution is 2.52. The number of nitrogens with one attached hydrogen (secondary N) is 3. The van der Waals surface area contributed by atoms with Crippen LogP contribution in [-0.2, 0) is 20.0 Å². The van der Waals surface area contributed by atoms with Crippen LogP contribution in [0.3, 0.4) is 0 Å². The number of aliphatic imine (C=N–C) groups is 1. The Balaban J connectivity index is 2.13. The van der Waals surface area contributed by atoms with Gasteiger partial charge in [-0.15, -0.1) is 0 Å². The molecule has 0 spiro atoms. The van der Waals surface area contributed by atoms with Crippen LogP contribution >= 0.6 is 12.2 Å². The molecule has 3 atom stereocenters. The SMILES string of the molecule is CCC1CC(=N)C(C)(C)S(=O)(=O)C2COCC12c1cc(NC(=S)C(=N)CC=NC)ccc1F. The maximum atomic E-state index is 15.4. The van der Waals surface area contributed by atoms with Crippen LogP contribution in [0.2, 0.25) is 0 Å². The molecule has 2 heterocycles. The second-order valence-corrected chi connectivity index (χ2v) is 12.2. The summed E-state index contributed by atoms with van der Waals surface area (Å²) in [4.78, 5) is 4.04. The summed E-state index contributed by atoms with van der Waals surface area (Å²) < 4.78 is 47.3. The third-order valence-corrected chi connectivity index (χ3v) is 10.5. The van der Waals surface area contributed by atoms with Crippen LogP contribution in [0.1, 0.15) is 45.6 Å². The smallest absolute Gasteiger partial charge is 0.166 e. The minimum Gasteiger partial charge on any atom is -0.379 e. The molecule has 0 amide bonds. The molecule has 1 aromatic carbocycles. The first-order chi connectivity index (χ1) is 15.4. The maximum absolute atomic E-state index is 15.4. The van der Waals surface area contributed by atoms with E-state index in [0.29, 0.717) is 12.1 Å². The average Bonchev–Trinajstić information content (AvgIpc) is 3.21. The quantitative estimate of drug-likeness (QED) is 0.409. The van der Waals surface area contributed by atoms with Crippen molar-refractivity contribution in [2.75, 3.05) is 25.6 Å². The number of halogens is 1. The second kappa shape index (κ2) is 9.31. The minimum atomic E-state index is -3.86. The van der Waals surface area contributed by atoms with Crippen molar-refractivity contribution in [3.05, 3.63) is 29.6 Å². The molecule has 7 nitrogen and oxygen atoms in total. The van der Waals surface area contributed by atoms with Gasteiger partial charge in [-0.2, -0.15) is 0 Å². The number of thiocarbonyl (C=S) groups is 1. The Bertz CT molecular complexity index is 1120. The molecule has 0 saturated carbocycles. The van der Waals surface area contributed by atoms with Crippen LogP contribution in [0.4, 0.5) is 10.1 Å². The van der Waals surface area contributed by atoms with Gasteiger partial charge in [0.1, 0.15) is 15.6 Å². The van der Waals surface area contributed by atoms with Crippen molar-refractivity contribution in [3.63, 3.8) is 0 Å². The Morgan fingerprint density at radius 1 is 1.42 bits per heavy atom. The van der Waals surface area contributed by atoms with Crippen molar-refractivity contribution < 1.29 is 17.5 Å². The lowest BCUT2D eigenvalue weighted by molar-refractivity contribution is 0.152. The molecule has 2 aliphatic heterocycles. The molecule has 180 valence electrons. The van der Waals surface area contributed by atoms with Crippen molar-refractivity contribution >= 4 is 50.4 Å². The maximum Gasteiger partial charge on any atom is 0.166 e. The predicted octanol–water partition coefficient (Wildman–Crippen LogP) is 3.96. The monoisotopic (exact) mass is 494 g/mol. The van der Waals surface area contributed by atoms with E-state index in [0.717, 1.165) is 0 Å². The topological polar surface area (TPSA) is 115 Å². The number of ether oxygens (including phenoxy) is 1. The van der Waals surface area contributed by atoms with Gasteiger partial charge in [0.05, 0.1) is 24.2 Å². The number of fused-ring (bicyclic) bond motifs is 1. The molecule has 0 bridgehead atoms. The highest BCUT2D eigenvalue weighted by molar-refractivity contribution is 7.94. The van der Waals surface area contributed by atoms with Crippen LogP contribution in [0, 0.1) is 22.6 Å². The van der Waals surface area contributed by atoms with Crippen LogP contribution in [0.5, 0.6) is 0 Å². The zero-order valence-electron chi connectivity index (χ0n) is 19.4. The fraction of sp³-hybridized carbons (Fsp3) is 0.565. The Morgan fingerprint density at radius 2 is 2.12 bits per heavy atom. The van der Waals surface area contributed by atoms with Crippen molar-refractivity contribution in [1.29, 1.82) is 10.8 Å². The van der Waals surface area contributed by atoms with Crippen molar-refractivity contribution in [3.8, 4) is 0 Å². The zero-order valence-corrected chi connectivity index (χ0v) is 21.0. The molecule has 3 N–H and O–H groups in total. The Morgan fingerprint density at radius 3 is 2.76 bits per heavy atom. The number of nitrogens with zero attached hydrogens (tertiary/aromatic N) is 1. The number of hydrogen-bond donors (Lipinski definition) is 3. The molecule has 2 fully saturated rings. The summed E-state index contributed by atoms with van der Waals surface area (Å²) in [6, 6.07) is 4.40. The number of rotatable bonds is 6. The summed E-state index contributed by atoms with van der Waals surface area (Å²) in [7, 11) is -2.25. The lowest BCUT2D eigenvalue weighted by Crippen LogP contribution is -2.52. The summed E-state index contributed by atoms with van der Waals surface area (Å²) in [6.07, 6.45) is 2.66. The summed E-state index contributed by atoms with van der Waals surface area (Å²) in [6.45, 7) is 5.08. The second-order valence-electron chi connectivity index (χ2n) is 9.16. The average molecular weight is 495 g/mol. The largest absolute Gasteiger partial charge is 0.379 e. The fourth-order valence-corrected chi connectivity index (χ4v) is 7.50. The molecule has 10 heteroatoms. The highest BCUT2D eigenvalue weighted by atomic mass is 32.2. The first kappa shape index (κ1) is 25.6. The third kappa shape index (κ3) is 4.17. The molecule has 0 aromatic heterocycles. The van der Waals surface area contributed by atoms with Crippen LogP contribution in [0.15, 0.2) is 23.2 Å². The van der Waals surface area contributed by atoms with E-state index in [9.17, 15) is 8.42 Å². The molecule has 3 rings (SSSR count). The Labute approximate surface area is 200 Å². The van der Waals surface area contributed by atoms with E-state index in [-0.39, 0.29) is 53.9 Å². The van der Waals surface area contributed by atoms with Gasteiger partial charge in [0.2, 0.25) is 0 Å². The van der Waals surface area contributed by atoms with Gasteiger partial charge < -0.3 is 25.9 Å². The van der Waals surface area contributed by atoms with E-state index in [2.05, 4.69) is 10.3 Å². The fourth-order valence-electron chi connectivity index (χ4n) is 4.95. The minimum absolute atomic E-state index is 0.0357. The molecular formula is C23H31FN4O3S2. The molecule has 0 aliphatic carbocycles. The molecule has 3 unspecified atom stereocenters. The molecular weight excluding hydrogens is 463 g/mol. The number of benzene rings is 1. The Hall–Kier alpha value is -2.04. The first-order valence-corrected chi connectivity index (χ1v) is 12.9. The van der Waals surface area contributed by atoms with Crippen molar-refractivity contribution in [2.45, 2.75) is 55.4 Å². The molecule has 33 heavy (non-hydrogen) atoms. The molecule has 0 radical (unpaired) electrons. The van der Waals surface area contributed by atoms with E-state index < -0.39 is 31.1 Å². The van der Waals surface area contributed by atoms with E-state index in [4.69, 9.17) is 27.8 Å². The number of sulfone groups is 1. The van der Waals surface area contributed by atoms with Crippen molar-refractivity contribution in [2.24, 2.45) is 10.9 Å². The zero-order chi connectivity index (χ0) is 24.6. The molecule has 2 aliphatic rings. The van der Waals surface area contributed by atoms with Crippen LogP contribution in [-0.4, -0.2) is 61.3 Å². The van der Waals surface area contributed by atoms with E-state index >= 15 is 4.39 Å². The van der Waals surface area contributed by atoms with Gasteiger partial charge in [-0.25, -0.2) is 12.8 Å². The molecule has 1 aromatic rings. The normalized spacial score (nSPS) is 28.3. The summed E-state index contributed by atoms with van der Waals surface area (Å²) in [5.74, 6) is -0.806. The molecule has 2 saturated heterocycles. The van der Waals surface area contributed by atoms with E-state index in [1.54, 1.807) is 33.2 Å². The predicted molar refractivity (Wildman–Crippen MR) is 135 cm³/mol. The van der Waals surface area contributed by atoms with E-state index in [1.165, 1.54) is 12.1 Å². The van der Waals surface area contributed by atoms with Gasteiger partial charge in [-0.05, 0) is 44.4 Å². The number of hydrogen-bond acceptors (Lipinski definition) is 7. The van der Waals surface area contributed by atoms with Gasteiger partial charge in [0.25, 0.3) is 0 Å². The lowest BCUT2D eigenvalue weighted by atomic mass is 9.66. The van der Waals surface area contributed by atoms with Crippen LogP contribution < -0.4 is 5.32 Å². The lowest BCUT2D eigenvalue weighted by Gasteiger charge is -2.39. The first-order valence-electron chi connectivity index (χ1n) is 10.9. The Kier molecular flexibility index (Phi) is 7.21.